The van der Waals surface area contributed by atoms with Crippen LogP contribution < -0.4 is 5.32 Å². The van der Waals surface area contributed by atoms with Crippen LogP contribution in [0, 0.1) is 0 Å². The number of anilines is 2. The van der Waals surface area contributed by atoms with E-state index in [1.54, 1.807) is 6.92 Å². The van der Waals surface area contributed by atoms with Gasteiger partial charge in [-0.05, 0) is 55.5 Å². The molecular weight excluding hydrogens is 350 g/mol. The third-order valence-electron chi connectivity index (χ3n) is 4.04. The lowest BCUT2D eigenvalue weighted by Gasteiger charge is -2.11. The maximum Gasteiger partial charge on any atom is 0.359 e. The molecule has 0 saturated heterocycles. The molecule has 26 heavy (non-hydrogen) atoms. The van der Waals surface area contributed by atoms with E-state index in [1.165, 1.54) is 0 Å². The molecule has 0 bridgehead atoms. The van der Waals surface area contributed by atoms with Gasteiger partial charge in [0.15, 0.2) is 5.69 Å². The molecule has 130 valence electrons. The fourth-order valence-electron chi connectivity index (χ4n) is 2.94. The molecule has 4 rings (SSSR count). The summed E-state index contributed by atoms with van der Waals surface area (Å²) in [5.41, 5.74) is 4.38. The van der Waals surface area contributed by atoms with Crippen molar-refractivity contribution in [1.29, 1.82) is 0 Å². The zero-order chi connectivity index (χ0) is 18.1. The number of fused-ring (bicyclic) bond motifs is 3. The van der Waals surface area contributed by atoms with Crippen molar-refractivity contribution in [2.24, 2.45) is 0 Å². The summed E-state index contributed by atoms with van der Waals surface area (Å²) in [4.78, 5) is 16.8. The van der Waals surface area contributed by atoms with Gasteiger partial charge in [-0.15, -0.1) is 0 Å². The lowest BCUT2D eigenvalue weighted by molar-refractivity contribution is 0.0522. The van der Waals surface area contributed by atoms with Crippen LogP contribution >= 0.6 is 11.6 Å². The van der Waals surface area contributed by atoms with E-state index in [9.17, 15) is 4.79 Å². The molecule has 2 aromatic carbocycles. The molecule has 0 aliphatic heterocycles. The van der Waals surface area contributed by atoms with Gasteiger partial charge < -0.3 is 14.5 Å². The van der Waals surface area contributed by atoms with E-state index in [4.69, 9.17) is 16.3 Å². The fourth-order valence-corrected chi connectivity index (χ4v) is 3.13. The smallest absolute Gasteiger partial charge is 0.359 e. The molecule has 0 atom stereocenters. The zero-order valence-electron chi connectivity index (χ0n) is 14.1. The Kier molecular flexibility index (Phi) is 4.22. The molecule has 0 saturated carbocycles. The highest BCUT2D eigenvalue weighted by Crippen LogP contribution is 2.25. The van der Waals surface area contributed by atoms with Crippen LogP contribution in [0.4, 0.5) is 11.4 Å². The average molecular weight is 366 g/mol. The van der Waals surface area contributed by atoms with E-state index >= 15 is 0 Å². The van der Waals surface area contributed by atoms with Crippen molar-refractivity contribution in [3.63, 3.8) is 0 Å². The molecule has 0 fully saturated rings. The summed E-state index contributed by atoms with van der Waals surface area (Å²) in [6, 6.07) is 17.1. The zero-order valence-corrected chi connectivity index (χ0v) is 14.8. The molecule has 0 radical (unpaired) electrons. The number of benzene rings is 2. The van der Waals surface area contributed by atoms with Gasteiger partial charge in [-0.2, -0.15) is 0 Å². The van der Waals surface area contributed by atoms with Crippen molar-refractivity contribution in [2.75, 3.05) is 11.9 Å². The van der Waals surface area contributed by atoms with Crippen molar-refractivity contribution >= 4 is 45.5 Å². The lowest BCUT2D eigenvalue weighted by atomic mass is 10.2. The summed E-state index contributed by atoms with van der Waals surface area (Å²) < 4.78 is 7.09. The molecule has 0 aliphatic rings. The number of rotatable bonds is 4. The Hall–Kier alpha value is -3.05. The van der Waals surface area contributed by atoms with Crippen LogP contribution in [-0.4, -0.2) is 22.0 Å². The standard InChI is InChI=1S/C20H16ClN3O2/c1-2-26-20(25)19-18-7-4-10-24(18)17-9-8-15(12-16(17)23-19)22-14-6-3-5-13(21)11-14/h3-12,22H,2H2,1H3. The number of nitrogens with zero attached hydrogens (tertiary/aromatic N) is 2. The molecule has 6 heteroatoms. The van der Waals surface area contributed by atoms with Crippen LogP contribution in [0.25, 0.3) is 16.6 Å². The van der Waals surface area contributed by atoms with Crippen LogP contribution in [-0.2, 0) is 4.74 Å². The van der Waals surface area contributed by atoms with Crippen LogP contribution in [0.1, 0.15) is 17.4 Å². The lowest BCUT2D eigenvalue weighted by Crippen LogP contribution is -2.09. The highest BCUT2D eigenvalue weighted by atomic mass is 35.5. The first-order valence-electron chi connectivity index (χ1n) is 8.26. The van der Waals surface area contributed by atoms with Gasteiger partial charge in [0.05, 0.1) is 23.2 Å². The van der Waals surface area contributed by atoms with E-state index in [1.807, 2.05) is 65.2 Å². The summed E-state index contributed by atoms with van der Waals surface area (Å²) in [5, 5.41) is 3.96. The topological polar surface area (TPSA) is 55.6 Å². The second-order valence-electron chi connectivity index (χ2n) is 5.78. The van der Waals surface area contributed by atoms with Crippen molar-refractivity contribution in [1.82, 2.24) is 9.38 Å². The quantitative estimate of drug-likeness (QED) is 0.513. The number of hydrogen-bond donors (Lipinski definition) is 1. The molecule has 0 spiro atoms. The van der Waals surface area contributed by atoms with Crippen molar-refractivity contribution in [2.45, 2.75) is 6.92 Å². The molecule has 2 aromatic heterocycles. The van der Waals surface area contributed by atoms with Crippen LogP contribution in [0.15, 0.2) is 60.8 Å². The number of hydrogen-bond acceptors (Lipinski definition) is 4. The van der Waals surface area contributed by atoms with E-state index < -0.39 is 5.97 Å². The van der Waals surface area contributed by atoms with Gasteiger partial charge in [0.2, 0.25) is 0 Å². The minimum atomic E-state index is -0.425. The SMILES string of the molecule is CCOC(=O)c1nc2cc(Nc3cccc(Cl)c3)ccc2n2cccc12. The largest absolute Gasteiger partial charge is 0.461 e. The molecule has 0 amide bonds. The average Bonchev–Trinajstić information content (AvgIpc) is 3.11. The van der Waals surface area contributed by atoms with Crippen molar-refractivity contribution < 1.29 is 9.53 Å². The second kappa shape index (κ2) is 6.69. The van der Waals surface area contributed by atoms with E-state index in [-0.39, 0.29) is 0 Å². The van der Waals surface area contributed by atoms with Gasteiger partial charge >= 0.3 is 5.97 Å². The predicted molar refractivity (Wildman–Crippen MR) is 103 cm³/mol. The first kappa shape index (κ1) is 16.4. The maximum atomic E-state index is 12.3. The fraction of sp³-hybridized carbons (Fsp3) is 0.100. The van der Waals surface area contributed by atoms with E-state index in [2.05, 4.69) is 10.3 Å². The monoisotopic (exact) mass is 365 g/mol. The number of esters is 1. The Balaban J connectivity index is 1.82. The normalized spacial score (nSPS) is 11.0. The number of carbonyl (C=O) groups is 1. The number of carbonyl (C=O) groups excluding carboxylic acids is 1. The highest BCUT2D eigenvalue weighted by Gasteiger charge is 2.16. The molecule has 2 heterocycles. The van der Waals surface area contributed by atoms with Gasteiger partial charge in [-0.3, -0.25) is 0 Å². The summed E-state index contributed by atoms with van der Waals surface area (Å²) in [5.74, 6) is -0.425. The molecule has 4 aromatic rings. The van der Waals surface area contributed by atoms with Gasteiger partial charge in [0.1, 0.15) is 0 Å². The molecule has 1 N–H and O–H groups in total. The number of halogens is 1. The van der Waals surface area contributed by atoms with Gasteiger partial charge in [-0.1, -0.05) is 17.7 Å². The summed E-state index contributed by atoms with van der Waals surface area (Å²) >= 11 is 6.04. The van der Waals surface area contributed by atoms with Crippen LogP contribution in [0.3, 0.4) is 0 Å². The number of nitrogens with one attached hydrogen (secondary N) is 1. The molecular formula is C20H16ClN3O2. The third-order valence-corrected chi connectivity index (χ3v) is 4.28. The van der Waals surface area contributed by atoms with Crippen molar-refractivity contribution in [3.8, 4) is 0 Å². The summed E-state index contributed by atoms with van der Waals surface area (Å²) in [6.07, 6.45) is 1.91. The molecule has 0 aliphatic carbocycles. The number of aromatic nitrogens is 2. The van der Waals surface area contributed by atoms with E-state index in [0.717, 1.165) is 22.4 Å². The first-order chi connectivity index (χ1) is 12.7. The number of ether oxygens (including phenoxy) is 1. The Labute approximate surface area is 155 Å². The predicted octanol–water partition coefficient (Wildman–Crippen LogP) is 5.06. The second-order valence-corrected chi connectivity index (χ2v) is 6.22. The van der Waals surface area contributed by atoms with Crippen LogP contribution in [0.5, 0.6) is 0 Å². The van der Waals surface area contributed by atoms with Gasteiger partial charge in [-0.25, -0.2) is 9.78 Å². The molecule has 0 unspecified atom stereocenters. The molecule has 5 nitrogen and oxygen atoms in total. The van der Waals surface area contributed by atoms with Crippen molar-refractivity contribution in [3.05, 3.63) is 71.5 Å². The Morgan fingerprint density at radius 2 is 1.96 bits per heavy atom. The van der Waals surface area contributed by atoms with E-state index in [0.29, 0.717) is 22.8 Å². The Morgan fingerprint density at radius 3 is 2.77 bits per heavy atom. The highest BCUT2D eigenvalue weighted by molar-refractivity contribution is 6.30. The Morgan fingerprint density at radius 1 is 1.12 bits per heavy atom. The maximum absolute atomic E-state index is 12.3. The van der Waals surface area contributed by atoms with Gasteiger partial charge in [0, 0.05) is 22.6 Å². The van der Waals surface area contributed by atoms with Crippen LogP contribution in [0.2, 0.25) is 5.02 Å². The Bertz CT molecular complexity index is 1120. The summed E-state index contributed by atoms with van der Waals surface area (Å²) in [7, 11) is 0. The van der Waals surface area contributed by atoms with Gasteiger partial charge in [0.25, 0.3) is 0 Å². The minimum absolute atomic E-state index is 0.307. The summed E-state index contributed by atoms with van der Waals surface area (Å²) in [6.45, 7) is 2.09. The third kappa shape index (κ3) is 2.97. The first-order valence-corrected chi connectivity index (χ1v) is 8.64. The minimum Gasteiger partial charge on any atom is -0.461 e.